The van der Waals surface area contributed by atoms with Gasteiger partial charge >= 0.3 is 0 Å². The highest BCUT2D eigenvalue weighted by atomic mass is 14.9. The fourth-order valence-corrected chi connectivity index (χ4v) is 2.09. The lowest BCUT2D eigenvalue weighted by atomic mass is 9.84. The summed E-state index contributed by atoms with van der Waals surface area (Å²) in [6.45, 7) is 4.21. The summed E-state index contributed by atoms with van der Waals surface area (Å²) in [5.41, 5.74) is 3.07. The first-order chi connectivity index (χ1) is 6.24. The second-order valence-corrected chi connectivity index (χ2v) is 3.64. The number of nitrogens with zero attached hydrogens (tertiary/aromatic N) is 1. The Kier molecular flexibility index (Phi) is 1.73. The predicted octanol–water partition coefficient (Wildman–Crippen LogP) is 2.09. The molecule has 1 aliphatic carbocycles. The molecule has 13 heavy (non-hydrogen) atoms. The molecule has 0 spiro atoms. The first-order valence-corrected chi connectivity index (χ1v) is 4.50. The molecule has 0 fully saturated rings. The fraction of sp³-hybridized carbons (Fsp3) is 0.364. The van der Waals surface area contributed by atoms with Crippen LogP contribution in [0, 0.1) is 23.2 Å². The van der Waals surface area contributed by atoms with Gasteiger partial charge in [-0.15, -0.1) is 0 Å². The molecule has 0 aromatic rings. The van der Waals surface area contributed by atoms with Crippen LogP contribution in [0.2, 0.25) is 0 Å². The zero-order valence-corrected chi connectivity index (χ0v) is 7.83. The molecule has 0 saturated heterocycles. The van der Waals surface area contributed by atoms with Gasteiger partial charge in [0.05, 0.1) is 0 Å². The summed E-state index contributed by atoms with van der Waals surface area (Å²) in [5, 5.41) is 12.0. The van der Waals surface area contributed by atoms with Crippen molar-refractivity contribution in [3.63, 3.8) is 0 Å². The van der Waals surface area contributed by atoms with E-state index in [0.29, 0.717) is 11.8 Å². The minimum absolute atomic E-state index is 0.402. The fourth-order valence-electron chi connectivity index (χ4n) is 2.09. The van der Waals surface area contributed by atoms with Crippen molar-refractivity contribution in [2.45, 2.75) is 13.8 Å². The van der Waals surface area contributed by atoms with Crippen molar-refractivity contribution in [1.29, 1.82) is 5.26 Å². The van der Waals surface area contributed by atoms with E-state index >= 15 is 0 Å². The van der Waals surface area contributed by atoms with Gasteiger partial charge in [0, 0.05) is 11.6 Å². The van der Waals surface area contributed by atoms with E-state index in [-0.39, 0.29) is 0 Å². The van der Waals surface area contributed by atoms with Crippen LogP contribution in [0.4, 0.5) is 0 Å². The van der Waals surface area contributed by atoms with E-state index in [1.165, 1.54) is 11.3 Å². The summed E-state index contributed by atoms with van der Waals surface area (Å²) in [7, 11) is 0. The number of nitrogens with one attached hydrogen (secondary N) is 1. The number of hydrogen-bond acceptors (Lipinski definition) is 2. The van der Waals surface area contributed by atoms with E-state index in [1.807, 2.05) is 6.92 Å². The summed E-state index contributed by atoms with van der Waals surface area (Å²) in [4.78, 5) is 0. The van der Waals surface area contributed by atoms with E-state index in [9.17, 15) is 0 Å². The molecule has 66 valence electrons. The highest BCUT2D eigenvalue weighted by Crippen LogP contribution is 2.36. The quantitative estimate of drug-likeness (QED) is 0.607. The van der Waals surface area contributed by atoms with Gasteiger partial charge in [0.25, 0.3) is 0 Å². The smallest absolute Gasteiger partial charge is 0.117 e. The largest absolute Gasteiger partial charge is 0.350 e. The van der Waals surface area contributed by atoms with E-state index < -0.39 is 0 Å². The molecule has 0 saturated carbocycles. The summed E-state index contributed by atoms with van der Waals surface area (Å²) in [6.07, 6.45) is 6.29. The number of allylic oxidation sites excluding steroid dienone is 5. The lowest BCUT2D eigenvalue weighted by Gasteiger charge is -2.21. The molecule has 1 heterocycles. The maximum absolute atomic E-state index is 8.85. The Morgan fingerprint density at radius 1 is 1.54 bits per heavy atom. The average Bonchev–Trinajstić information content (AvgIpc) is 2.44. The lowest BCUT2D eigenvalue weighted by molar-refractivity contribution is 0.551. The third kappa shape index (κ3) is 1.08. The second-order valence-electron chi connectivity index (χ2n) is 3.64. The van der Waals surface area contributed by atoms with Gasteiger partial charge in [0.2, 0.25) is 0 Å². The van der Waals surface area contributed by atoms with Gasteiger partial charge in [-0.25, -0.2) is 0 Å². The first-order valence-electron chi connectivity index (χ1n) is 4.50. The molecule has 2 heteroatoms. The minimum atomic E-state index is 0.402. The van der Waals surface area contributed by atoms with Crippen LogP contribution in [0.3, 0.4) is 0 Å². The van der Waals surface area contributed by atoms with Crippen molar-refractivity contribution in [2.75, 3.05) is 0 Å². The number of nitriles is 1. The Morgan fingerprint density at radius 2 is 2.31 bits per heavy atom. The topological polar surface area (TPSA) is 35.8 Å². The third-order valence-corrected chi connectivity index (χ3v) is 2.79. The van der Waals surface area contributed by atoms with Crippen molar-refractivity contribution in [2.24, 2.45) is 11.8 Å². The molecule has 0 bridgehead atoms. The molecule has 1 N–H and O–H groups in total. The van der Waals surface area contributed by atoms with Gasteiger partial charge in [0.1, 0.15) is 11.8 Å². The van der Waals surface area contributed by atoms with Gasteiger partial charge in [-0.1, -0.05) is 19.1 Å². The van der Waals surface area contributed by atoms with Crippen LogP contribution in [-0.2, 0) is 0 Å². The minimum Gasteiger partial charge on any atom is -0.350 e. The van der Waals surface area contributed by atoms with Crippen molar-refractivity contribution in [1.82, 2.24) is 5.32 Å². The standard InChI is InChI=1S/C11H12N2/c1-7-4-3-5-9-11(7)8(2)10(6-12)13-9/h3-5,7,11,13H,1-2H3. The maximum Gasteiger partial charge on any atom is 0.117 e. The molecule has 2 rings (SSSR count). The molecule has 0 aromatic carbocycles. The average molecular weight is 172 g/mol. The van der Waals surface area contributed by atoms with Crippen LogP contribution in [0.15, 0.2) is 35.2 Å². The number of fused-ring (bicyclic) bond motifs is 1. The third-order valence-electron chi connectivity index (χ3n) is 2.79. The highest BCUT2D eigenvalue weighted by molar-refractivity contribution is 5.44. The Balaban J connectivity index is 2.41. The zero-order chi connectivity index (χ0) is 9.42. The van der Waals surface area contributed by atoms with E-state index in [1.54, 1.807) is 0 Å². The van der Waals surface area contributed by atoms with E-state index in [2.05, 4.69) is 36.5 Å². The molecule has 2 unspecified atom stereocenters. The monoisotopic (exact) mass is 172 g/mol. The van der Waals surface area contributed by atoms with Gasteiger partial charge < -0.3 is 5.32 Å². The number of hydrogen-bond donors (Lipinski definition) is 1. The van der Waals surface area contributed by atoms with Crippen molar-refractivity contribution >= 4 is 0 Å². The van der Waals surface area contributed by atoms with Gasteiger partial charge in [-0.05, 0) is 24.5 Å². The summed E-state index contributed by atoms with van der Waals surface area (Å²) in [5.74, 6) is 0.901. The molecule has 0 amide bonds. The maximum atomic E-state index is 8.85. The molecule has 2 nitrogen and oxygen atoms in total. The van der Waals surface area contributed by atoms with Crippen LogP contribution >= 0.6 is 0 Å². The van der Waals surface area contributed by atoms with Crippen LogP contribution in [0.25, 0.3) is 0 Å². The molecular formula is C11H12N2. The molecule has 2 atom stereocenters. The predicted molar refractivity (Wildman–Crippen MR) is 51.3 cm³/mol. The molecule has 1 aliphatic heterocycles. The lowest BCUT2D eigenvalue weighted by Crippen LogP contribution is -2.17. The van der Waals surface area contributed by atoms with Crippen LogP contribution < -0.4 is 5.32 Å². The van der Waals surface area contributed by atoms with E-state index in [0.717, 1.165) is 5.70 Å². The Hall–Kier alpha value is -1.49. The summed E-state index contributed by atoms with van der Waals surface area (Å²) >= 11 is 0. The van der Waals surface area contributed by atoms with Crippen molar-refractivity contribution in [3.05, 3.63) is 35.2 Å². The summed E-state index contributed by atoms with van der Waals surface area (Å²) < 4.78 is 0. The van der Waals surface area contributed by atoms with Crippen LogP contribution in [0.1, 0.15) is 13.8 Å². The highest BCUT2D eigenvalue weighted by Gasteiger charge is 2.31. The molecule has 0 radical (unpaired) electrons. The number of rotatable bonds is 0. The first kappa shape index (κ1) is 8.12. The molecule has 0 aromatic heterocycles. The van der Waals surface area contributed by atoms with Crippen LogP contribution in [0.5, 0.6) is 0 Å². The van der Waals surface area contributed by atoms with Crippen molar-refractivity contribution < 1.29 is 0 Å². The van der Waals surface area contributed by atoms with Gasteiger partial charge in [0.15, 0.2) is 0 Å². The Labute approximate surface area is 78.3 Å². The van der Waals surface area contributed by atoms with E-state index in [4.69, 9.17) is 5.26 Å². The molecular weight excluding hydrogens is 160 g/mol. The van der Waals surface area contributed by atoms with Gasteiger partial charge in [-0.3, -0.25) is 0 Å². The Bertz CT molecular complexity index is 366. The SMILES string of the molecule is CC1=C(C#N)NC2=CC=CC(C)C21. The Morgan fingerprint density at radius 3 is 2.92 bits per heavy atom. The molecule has 2 aliphatic rings. The van der Waals surface area contributed by atoms with Crippen LogP contribution in [-0.4, -0.2) is 0 Å². The normalized spacial score (nSPS) is 30.7. The zero-order valence-electron chi connectivity index (χ0n) is 7.83. The van der Waals surface area contributed by atoms with Crippen molar-refractivity contribution in [3.8, 4) is 6.07 Å². The second kappa shape index (κ2) is 2.77. The summed E-state index contributed by atoms with van der Waals surface area (Å²) in [6, 6.07) is 2.19. The van der Waals surface area contributed by atoms with Gasteiger partial charge in [-0.2, -0.15) is 5.26 Å².